The highest BCUT2D eigenvalue weighted by molar-refractivity contribution is 6.12. The number of rotatable bonds is 4. The molecule has 206 valence electrons. The van der Waals surface area contributed by atoms with Crippen LogP contribution in [0.25, 0.3) is 88.9 Å². The average Bonchev–Trinajstić information content (AvgIpc) is 3.67. The van der Waals surface area contributed by atoms with Gasteiger partial charge in [-0.3, -0.25) is 0 Å². The van der Waals surface area contributed by atoms with Crippen LogP contribution in [0.3, 0.4) is 0 Å². The number of nitrogens with zero attached hydrogens (tertiary/aromatic N) is 2. The third kappa shape index (κ3) is 4.00. The number of benzene rings is 6. The maximum atomic E-state index is 6.21. The molecule has 0 amide bonds. The molecule has 0 saturated heterocycles. The van der Waals surface area contributed by atoms with Gasteiger partial charge in [0.1, 0.15) is 22.3 Å². The Bertz CT molecular complexity index is 2490. The first-order chi connectivity index (χ1) is 21.8. The molecule has 0 fully saturated rings. The number of fused-ring (bicyclic) bond motifs is 6. The predicted molar refractivity (Wildman–Crippen MR) is 178 cm³/mol. The normalized spacial score (nSPS) is 11.6. The molecule has 4 heteroatoms. The fraction of sp³-hybridized carbons (Fsp3) is 0. The van der Waals surface area contributed by atoms with Gasteiger partial charge >= 0.3 is 0 Å². The van der Waals surface area contributed by atoms with Crippen molar-refractivity contribution in [2.24, 2.45) is 0 Å². The van der Waals surface area contributed by atoms with Gasteiger partial charge < -0.3 is 8.83 Å². The Hall–Kier alpha value is -6.00. The second kappa shape index (κ2) is 9.79. The van der Waals surface area contributed by atoms with Gasteiger partial charge in [-0.15, -0.1) is 0 Å². The lowest BCUT2D eigenvalue weighted by Crippen LogP contribution is -1.96. The van der Waals surface area contributed by atoms with Crippen LogP contribution >= 0.6 is 0 Å². The van der Waals surface area contributed by atoms with Crippen molar-refractivity contribution in [2.45, 2.75) is 0 Å². The van der Waals surface area contributed by atoms with Crippen molar-refractivity contribution in [1.82, 2.24) is 9.97 Å². The molecular weight excluding hydrogens is 540 g/mol. The van der Waals surface area contributed by atoms with Crippen LogP contribution in [-0.4, -0.2) is 9.97 Å². The van der Waals surface area contributed by atoms with E-state index < -0.39 is 0 Å². The number of para-hydroxylation sites is 2. The first-order valence-electron chi connectivity index (χ1n) is 14.7. The zero-order valence-corrected chi connectivity index (χ0v) is 23.6. The van der Waals surface area contributed by atoms with E-state index in [1.807, 2.05) is 60.7 Å². The van der Waals surface area contributed by atoms with Crippen LogP contribution in [0.2, 0.25) is 0 Å². The van der Waals surface area contributed by atoms with Gasteiger partial charge in [0.2, 0.25) is 0 Å². The molecule has 9 rings (SSSR count). The first kappa shape index (κ1) is 24.6. The molecular formula is C40H24N2O2. The molecule has 0 N–H and O–H groups in total. The molecule has 0 spiro atoms. The summed E-state index contributed by atoms with van der Waals surface area (Å²) in [4.78, 5) is 10.4. The average molecular weight is 565 g/mol. The van der Waals surface area contributed by atoms with Crippen LogP contribution in [0.4, 0.5) is 0 Å². The number of hydrogen-bond donors (Lipinski definition) is 0. The van der Waals surface area contributed by atoms with E-state index >= 15 is 0 Å². The minimum absolute atomic E-state index is 0.652. The smallest absolute Gasteiger partial charge is 0.161 e. The summed E-state index contributed by atoms with van der Waals surface area (Å²) in [6.45, 7) is 0. The lowest BCUT2D eigenvalue weighted by Gasteiger charge is -2.11. The van der Waals surface area contributed by atoms with Crippen LogP contribution < -0.4 is 0 Å². The molecule has 9 aromatic rings. The van der Waals surface area contributed by atoms with Crippen molar-refractivity contribution < 1.29 is 8.83 Å². The van der Waals surface area contributed by atoms with Crippen LogP contribution in [-0.2, 0) is 0 Å². The fourth-order valence-corrected chi connectivity index (χ4v) is 6.17. The Morgan fingerprint density at radius 3 is 1.75 bits per heavy atom. The number of furan rings is 2. The standard InChI is InChI=1S/C40H24N2O2/c1-2-9-25(10-3-1)26-17-19-27(20-18-26)33-24-34(28-21-22-37-32(23-28)29-11-4-6-14-35(29)43-37)42-40(41-33)31-13-8-16-38-39(31)30-12-5-7-15-36(30)44-38/h1-24H. The van der Waals surface area contributed by atoms with Crippen molar-refractivity contribution >= 4 is 43.9 Å². The fourth-order valence-electron chi connectivity index (χ4n) is 6.17. The Balaban J connectivity index is 1.26. The zero-order valence-electron chi connectivity index (χ0n) is 23.6. The van der Waals surface area contributed by atoms with Crippen molar-refractivity contribution in [3.05, 3.63) is 146 Å². The Morgan fingerprint density at radius 1 is 0.364 bits per heavy atom. The molecule has 3 aromatic heterocycles. The monoisotopic (exact) mass is 564 g/mol. The molecule has 4 nitrogen and oxygen atoms in total. The Morgan fingerprint density at radius 2 is 0.932 bits per heavy atom. The highest BCUT2D eigenvalue weighted by Gasteiger charge is 2.17. The maximum Gasteiger partial charge on any atom is 0.161 e. The first-order valence-corrected chi connectivity index (χ1v) is 14.7. The SMILES string of the molecule is c1ccc(-c2ccc(-c3cc(-c4ccc5oc6ccccc6c5c4)nc(-c4cccc5oc6ccccc6c45)n3)cc2)cc1. The second-order valence-electron chi connectivity index (χ2n) is 11.0. The van der Waals surface area contributed by atoms with Crippen LogP contribution in [0.5, 0.6) is 0 Å². The summed E-state index contributed by atoms with van der Waals surface area (Å²) in [6, 6.07) is 49.7. The van der Waals surface area contributed by atoms with E-state index in [-0.39, 0.29) is 0 Å². The van der Waals surface area contributed by atoms with E-state index in [1.165, 1.54) is 5.56 Å². The summed E-state index contributed by atoms with van der Waals surface area (Å²) in [7, 11) is 0. The highest BCUT2D eigenvalue weighted by Crippen LogP contribution is 2.38. The van der Waals surface area contributed by atoms with Gasteiger partial charge in [0.15, 0.2) is 5.82 Å². The van der Waals surface area contributed by atoms with E-state index in [0.717, 1.165) is 77.5 Å². The molecule has 3 heterocycles. The molecule has 0 aliphatic heterocycles. The maximum absolute atomic E-state index is 6.21. The third-order valence-corrected chi connectivity index (χ3v) is 8.33. The predicted octanol–water partition coefficient (Wildman–Crippen LogP) is 10.9. The van der Waals surface area contributed by atoms with Crippen LogP contribution in [0.15, 0.2) is 154 Å². The number of aromatic nitrogens is 2. The van der Waals surface area contributed by atoms with Crippen LogP contribution in [0, 0.1) is 0 Å². The quantitative estimate of drug-likeness (QED) is 0.213. The van der Waals surface area contributed by atoms with E-state index in [0.29, 0.717) is 5.82 Å². The Kier molecular flexibility index (Phi) is 5.47. The molecule has 44 heavy (non-hydrogen) atoms. The largest absolute Gasteiger partial charge is 0.456 e. The lowest BCUT2D eigenvalue weighted by molar-refractivity contribution is 0.668. The van der Waals surface area contributed by atoms with Crippen LogP contribution in [0.1, 0.15) is 0 Å². The molecule has 0 bridgehead atoms. The third-order valence-electron chi connectivity index (χ3n) is 8.33. The van der Waals surface area contributed by atoms with Crippen molar-refractivity contribution in [3.63, 3.8) is 0 Å². The van der Waals surface area contributed by atoms with E-state index in [2.05, 4.69) is 84.9 Å². The van der Waals surface area contributed by atoms with Gasteiger partial charge in [0.25, 0.3) is 0 Å². The van der Waals surface area contributed by atoms with E-state index in [9.17, 15) is 0 Å². The molecule has 0 aliphatic rings. The van der Waals surface area contributed by atoms with Gasteiger partial charge in [-0.25, -0.2) is 9.97 Å². The van der Waals surface area contributed by atoms with Crippen molar-refractivity contribution in [1.29, 1.82) is 0 Å². The zero-order chi connectivity index (χ0) is 29.0. The lowest BCUT2D eigenvalue weighted by atomic mass is 10.0. The van der Waals surface area contributed by atoms with Gasteiger partial charge in [-0.05, 0) is 53.6 Å². The Labute approximate surface area is 252 Å². The molecule has 0 atom stereocenters. The topological polar surface area (TPSA) is 52.1 Å². The van der Waals surface area contributed by atoms with E-state index in [4.69, 9.17) is 18.8 Å². The van der Waals surface area contributed by atoms with Gasteiger partial charge in [-0.1, -0.05) is 103 Å². The number of hydrogen-bond acceptors (Lipinski definition) is 4. The summed E-state index contributed by atoms with van der Waals surface area (Å²) < 4.78 is 12.3. The van der Waals surface area contributed by atoms with Crippen molar-refractivity contribution in [2.75, 3.05) is 0 Å². The van der Waals surface area contributed by atoms with E-state index in [1.54, 1.807) is 0 Å². The van der Waals surface area contributed by atoms with Crippen molar-refractivity contribution in [3.8, 4) is 45.0 Å². The minimum Gasteiger partial charge on any atom is -0.456 e. The molecule has 0 saturated carbocycles. The molecule has 0 unspecified atom stereocenters. The highest BCUT2D eigenvalue weighted by atomic mass is 16.3. The molecule has 0 radical (unpaired) electrons. The van der Waals surface area contributed by atoms with Gasteiger partial charge in [-0.2, -0.15) is 0 Å². The van der Waals surface area contributed by atoms with Gasteiger partial charge in [0, 0.05) is 38.2 Å². The molecule has 0 aliphatic carbocycles. The summed E-state index contributed by atoms with van der Waals surface area (Å²) in [5.74, 6) is 0.652. The summed E-state index contributed by atoms with van der Waals surface area (Å²) in [5, 5.41) is 4.22. The summed E-state index contributed by atoms with van der Waals surface area (Å²) in [5.41, 5.74) is 10.4. The second-order valence-corrected chi connectivity index (χ2v) is 11.0. The summed E-state index contributed by atoms with van der Waals surface area (Å²) >= 11 is 0. The summed E-state index contributed by atoms with van der Waals surface area (Å²) in [6.07, 6.45) is 0. The minimum atomic E-state index is 0.652. The van der Waals surface area contributed by atoms with Gasteiger partial charge in [0.05, 0.1) is 11.4 Å². The molecule has 6 aromatic carbocycles.